The lowest BCUT2D eigenvalue weighted by Gasteiger charge is -2.26. The topological polar surface area (TPSA) is 60.1 Å². The molecule has 0 saturated carbocycles. The number of aromatic nitrogens is 4. The summed E-state index contributed by atoms with van der Waals surface area (Å²) in [6.07, 6.45) is 0. The predicted octanol–water partition coefficient (Wildman–Crippen LogP) is 4.49. The summed E-state index contributed by atoms with van der Waals surface area (Å²) in [4.78, 5) is 2.40. The van der Waals surface area contributed by atoms with Crippen molar-refractivity contribution >= 4 is 22.7 Å². The van der Waals surface area contributed by atoms with E-state index in [-0.39, 0.29) is 5.82 Å². The molecule has 1 saturated heterocycles. The molecule has 0 aliphatic carbocycles. The fourth-order valence-corrected chi connectivity index (χ4v) is 5.56. The Morgan fingerprint density at radius 2 is 1.86 bits per heavy atom. The number of halogens is 1. The minimum absolute atomic E-state index is 0.241. The van der Waals surface area contributed by atoms with Crippen molar-refractivity contribution in [2.24, 2.45) is 7.05 Å². The minimum Gasteiger partial charge on any atom is -0.379 e. The molecule has 3 heterocycles. The van der Waals surface area contributed by atoms with Crippen molar-refractivity contribution in [1.82, 2.24) is 29.5 Å². The third-order valence-electron chi connectivity index (χ3n) is 6.48. The maximum Gasteiger partial charge on any atom is 0.196 e. The molecule has 190 valence electrons. The summed E-state index contributed by atoms with van der Waals surface area (Å²) in [7, 11) is 2.02. The maximum absolute atomic E-state index is 14.4. The lowest BCUT2D eigenvalue weighted by atomic mass is 10.1. The minimum atomic E-state index is -0.241. The number of ether oxygens (including phenoxy) is 1. The number of hydrogen-bond acceptors (Lipinski definition) is 6. The van der Waals surface area contributed by atoms with E-state index in [9.17, 15) is 4.39 Å². The highest BCUT2D eigenvalue weighted by molar-refractivity contribution is 7.99. The van der Waals surface area contributed by atoms with Crippen LogP contribution in [0.5, 0.6) is 0 Å². The van der Waals surface area contributed by atoms with Crippen molar-refractivity contribution in [3.8, 4) is 17.2 Å². The molecule has 1 aliphatic rings. The average Bonchev–Trinajstić information content (AvgIpc) is 3.40. The van der Waals surface area contributed by atoms with Gasteiger partial charge in [-0.2, -0.15) is 0 Å². The molecule has 1 N–H and O–H groups in total. The van der Waals surface area contributed by atoms with Crippen LogP contribution in [0.25, 0.3) is 28.1 Å². The molecule has 36 heavy (non-hydrogen) atoms. The number of benzene rings is 2. The summed E-state index contributed by atoms with van der Waals surface area (Å²) in [6, 6.07) is 15.2. The second-order valence-electron chi connectivity index (χ2n) is 9.32. The molecule has 0 amide bonds. The average molecular weight is 509 g/mol. The van der Waals surface area contributed by atoms with Crippen LogP contribution in [-0.2, 0) is 18.3 Å². The molecule has 7 nitrogen and oxygen atoms in total. The number of nitrogens with one attached hydrogen (secondary N) is 1. The molecule has 1 aliphatic heterocycles. The van der Waals surface area contributed by atoms with Crippen LogP contribution in [0.15, 0.2) is 53.7 Å². The molecule has 0 unspecified atom stereocenters. The Hall–Kier alpha value is -2.72. The van der Waals surface area contributed by atoms with E-state index >= 15 is 0 Å². The fraction of sp³-hybridized carbons (Fsp3) is 0.407. The number of para-hydroxylation sites is 1. The van der Waals surface area contributed by atoms with Gasteiger partial charge in [0.05, 0.1) is 18.9 Å². The van der Waals surface area contributed by atoms with Gasteiger partial charge in [-0.05, 0) is 30.3 Å². The maximum atomic E-state index is 14.4. The van der Waals surface area contributed by atoms with Gasteiger partial charge in [-0.1, -0.05) is 43.8 Å². The smallest absolute Gasteiger partial charge is 0.196 e. The summed E-state index contributed by atoms with van der Waals surface area (Å²) in [5.74, 6) is 0.517. The summed E-state index contributed by atoms with van der Waals surface area (Å²) in [6.45, 7) is 10.2. The highest BCUT2D eigenvalue weighted by Gasteiger charge is 2.25. The molecule has 2 aromatic carbocycles. The summed E-state index contributed by atoms with van der Waals surface area (Å²) in [5.41, 5.74) is 3.95. The van der Waals surface area contributed by atoms with Gasteiger partial charge in [0.1, 0.15) is 5.82 Å². The zero-order chi connectivity index (χ0) is 25.1. The van der Waals surface area contributed by atoms with E-state index < -0.39 is 0 Å². The molecule has 1 fully saturated rings. The van der Waals surface area contributed by atoms with Gasteiger partial charge in [0, 0.05) is 67.2 Å². The summed E-state index contributed by atoms with van der Waals surface area (Å²) < 4.78 is 24.1. The molecule has 0 atom stereocenters. The van der Waals surface area contributed by atoms with Crippen molar-refractivity contribution in [2.45, 2.75) is 30.8 Å². The molecule has 0 radical (unpaired) electrons. The first-order chi connectivity index (χ1) is 17.5. The first-order valence-electron chi connectivity index (χ1n) is 12.5. The van der Waals surface area contributed by atoms with Crippen LogP contribution >= 0.6 is 11.8 Å². The number of rotatable bonds is 9. The fourth-order valence-electron chi connectivity index (χ4n) is 4.75. The van der Waals surface area contributed by atoms with Crippen LogP contribution in [0.4, 0.5) is 4.39 Å². The Morgan fingerprint density at radius 1 is 1.08 bits per heavy atom. The number of morpholine rings is 1. The SMILES string of the molecule is CC(C)Sc1nnc(-c2c(CNCCN3CCOCC3)c3cc(F)ccc3n2C)n1-c1ccccc1. The van der Waals surface area contributed by atoms with Crippen LogP contribution in [0.2, 0.25) is 0 Å². The van der Waals surface area contributed by atoms with Crippen LogP contribution < -0.4 is 5.32 Å². The largest absolute Gasteiger partial charge is 0.379 e. The van der Waals surface area contributed by atoms with Gasteiger partial charge < -0.3 is 14.6 Å². The first-order valence-corrected chi connectivity index (χ1v) is 13.4. The third kappa shape index (κ3) is 5.20. The molecule has 4 aromatic rings. The third-order valence-corrected chi connectivity index (χ3v) is 7.42. The molecule has 0 bridgehead atoms. The molecule has 5 rings (SSSR count). The Labute approximate surface area is 215 Å². The second-order valence-corrected chi connectivity index (χ2v) is 10.9. The van der Waals surface area contributed by atoms with Crippen molar-refractivity contribution in [1.29, 1.82) is 0 Å². The zero-order valence-corrected chi connectivity index (χ0v) is 21.9. The number of nitrogens with zero attached hydrogens (tertiary/aromatic N) is 5. The Balaban J connectivity index is 1.55. The predicted molar refractivity (Wildman–Crippen MR) is 143 cm³/mol. The Morgan fingerprint density at radius 3 is 2.61 bits per heavy atom. The van der Waals surface area contributed by atoms with E-state index in [1.54, 1.807) is 17.8 Å². The Kier molecular flexibility index (Phi) is 7.71. The van der Waals surface area contributed by atoms with Crippen molar-refractivity contribution < 1.29 is 9.13 Å². The number of thioether (sulfide) groups is 1. The van der Waals surface area contributed by atoms with Crippen LogP contribution in [0, 0.1) is 5.82 Å². The van der Waals surface area contributed by atoms with E-state index in [4.69, 9.17) is 4.74 Å². The van der Waals surface area contributed by atoms with Gasteiger partial charge in [0.25, 0.3) is 0 Å². The van der Waals surface area contributed by atoms with Crippen LogP contribution in [-0.4, -0.2) is 68.9 Å². The van der Waals surface area contributed by atoms with Gasteiger partial charge in [-0.25, -0.2) is 4.39 Å². The highest BCUT2D eigenvalue weighted by atomic mass is 32.2. The van der Waals surface area contributed by atoms with E-state index in [0.717, 1.165) is 78.2 Å². The van der Waals surface area contributed by atoms with Crippen molar-refractivity contribution in [3.05, 3.63) is 59.9 Å². The van der Waals surface area contributed by atoms with Crippen LogP contribution in [0.3, 0.4) is 0 Å². The van der Waals surface area contributed by atoms with Crippen molar-refractivity contribution in [2.75, 3.05) is 39.4 Å². The van der Waals surface area contributed by atoms with Gasteiger partial charge in [-0.3, -0.25) is 9.47 Å². The molecule has 2 aromatic heterocycles. The summed E-state index contributed by atoms with van der Waals surface area (Å²) in [5, 5.41) is 15.0. The Bertz CT molecular complexity index is 1310. The summed E-state index contributed by atoms with van der Waals surface area (Å²) >= 11 is 1.68. The zero-order valence-electron chi connectivity index (χ0n) is 21.1. The lowest BCUT2D eigenvalue weighted by Crippen LogP contribution is -2.40. The van der Waals surface area contributed by atoms with E-state index in [1.807, 2.05) is 31.3 Å². The first kappa shape index (κ1) is 25.0. The van der Waals surface area contributed by atoms with Gasteiger partial charge in [0.15, 0.2) is 11.0 Å². The van der Waals surface area contributed by atoms with E-state index in [0.29, 0.717) is 11.8 Å². The van der Waals surface area contributed by atoms with Gasteiger partial charge in [-0.15, -0.1) is 10.2 Å². The molecule has 9 heteroatoms. The van der Waals surface area contributed by atoms with E-state index in [1.165, 1.54) is 6.07 Å². The van der Waals surface area contributed by atoms with Crippen LogP contribution in [0.1, 0.15) is 19.4 Å². The van der Waals surface area contributed by atoms with Crippen molar-refractivity contribution in [3.63, 3.8) is 0 Å². The standard InChI is InChI=1S/C27H33FN6OS/c1-19(2)36-27-31-30-26(34(27)21-7-5-4-6-8-21)25-23(18-29-11-12-33-13-15-35-16-14-33)22-17-20(28)9-10-24(22)32(25)3/h4-10,17,19,29H,11-16,18H2,1-3H3. The number of hydrogen-bond donors (Lipinski definition) is 1. The quantitative estimate of drug-likeness (QED) is 0.266. The van der Waals surface area contributed by atoms with E-state index in [2.05, 4.69) is 55.5 Å². The monoisotopic (exact) mass is 508 g/mol. The molecule has 0 spiro atoms. The second kappa shape index (κ2) is 11.1. The molecular formula is C27H33FN6OS. The lowest BCUT2D eigenvalue weighted by molar-refractivity contribution is 0.0384. The normalized spacial score (nSPS) is 14.8. The molecular weight excluding hydrogens is 475 g/mol. The van der Waals surface area contributed by atoms with Gasteiger partial charge in [0.2, 0.25) is 0 Å². The number of aryl methyl sites for hydroxylation is 1. The number of fused-ring (bicyclic) bond motifs is 1. The highest BCUT2D eigenvalue weighted by Crippen LogP contribution is 2.36. The van der Waals surface area contributed by atoms with Gasteiger partial charge >= 0.3 is 0 Å².